The van der Waals surface area contributed by atoms with Gasteiger partial charge in [0, 0.05) is 18.0 Å². The molecule has 1 rings (SSSR count). The minimum Gasteiger partial charge on any atom is -0.481 e. The molecule has 0 aromatic heterocycles. The summed E-state index contributed by atoms with van der Waals surface area (Å²) < 4.78 is 0. The molecule has 92 valence electrons. The highest BCUT2D eigenvalue weighted by Gasteiger charge is 2.34. The van der Waals surface area contributed by atoms with Gasteiger partial charge in [-0.15, -0.1) is 0 Å². The molecule has 3 N–H and O–H groups in total. The second kappa shape index (κ2) is 4.72. The number of carbonyl (C=O) groups is 2. The lowest BCUT2D eigenvalue weighted by Crippen LogP contribution is -2.49. The molecule has 2 atom stereocenters. The second-order valence-electron chi connectivity index (χ2n) is 5.20. The molecule has 5 heteroatoms. The van der Waals surface area contributed by atoms with E-state index in [1.807, 2.05) is 13.8 Å². The standard InChI is InChI=1S/C11H20N2O3/c1-7-6-8(7)12-10(16)13-11(2,3)5-4-9(14)15/h7-8H,4-6H2,1-3H3,(H,14,15)(H2,12,13,16). The predicted octanol–water partition coefficient (Wildman–Crippen LogP) is 1.34. The first kappa shape index (κ1) is 12.8. The lowest BCUT2D eigenvalue weighted by molar-refractivity contribution is -0.137. The highest BCUT2D eigenvalue weighted by atomic mass is 16.4. The van der Waals surface area contributed by atoms with Gasteiger partial charge in [-0.1, -0.05) is 6.92 Å². The van der Waals surface area contributed by atoms with Gasteiger partial charge >= 0.3 is 12.0 Å². The summed E-state index contributed by atoms with van der Waals surface area (Å²) in [5.74, 6) is -0.279. The molecule has 0 aromatic carbocycles. The maximum atomic E-state index is 11.5. The largest absolute Gasteiger partial charge is 0.481 e. The summed E-state index contributed by atoms with van der Waals surface area (Å²) >= 11 is 0. The van der Waals surface area contributed by atoms with Crippen LogP contribution in [0.5, 0.6) is 0 Å². The lowest BCUT2D eigenvalue weighted by atomic mass is 9.99. The van der Waals surface area contributed by atoms with E-state index in [9.17, 15) is 9.59 Å². The first-order valence-corrected chi connectivity index (χ1v) is 5.60. The van der Waals surface area contributed by atoms with Crippen molar-refractivity contribution in [3.63, 3.8) is 0 Å². The van der Waals surface area contributed by atoms with Gasteiger partial charge in [0.25, 0.3) is 0 Å². The highest BCUT2D eigenvalue weighted by Crippen LogP contribution is 2.28. The average Bonchev–Trinajstić information content (AvgIpc) is 2.77. The van der Waals surface area contributed by atoms with Crippen molar-refractivity contribution >= 4 is 12.0 Å². The maximum absolute atomic E-state index is 11.5. The van der Waals surface area contributed by atoms with Crippen LogP contribution in [0.25, 0.3) is 0 Å². The number of rotatable bonds is 5. The van der Waals surface area contributed by atoms with Crippen LogP contribution >= 0.6 is 0 Å². The predicted molar refractivity (Wildman–Crippen MR) is 60.2 cm³/mol. The fourth-order valence-corrected chi connectivity index (χ4v) is 1.52. The number of carboxylic acids is 1. The summed E-state index contributed by atoms with van der Waals surface area (Å²) in [6.07, 6.45) is 1.52. The Morgan fingerprint density at radius 1 is 1.44 bits per heavy atom. The highest BCUT2D eigenvalue weighted by molar-refractivity contribution is 5.75. The second-order valence-corrected chi connectivity index (χ2v) is 5.20. The van der Waals surface area contributed by atoms with E-state index in [1.54, 1.807) is 0 Å². The zero-order valence-corrected chi connectivity index (χ0v) is 10.0. The normalized spacial score (nSPS) is 23.7. The van der Waals surface area contributed by atoms with E-state index in [0.29, 0.717) is 12.3 Å². The van der Waals surface area contributed by atoms with Crippen molar-refractivity contribution in [1.82, 2.24) is 10.6 Å². The molecule has 0 heterocycles. The van der Waals surface area contributed by atoms with Crippen LogP contribution in [0.2, 0.25) is 0 Å². The number of carbonyl (C=O) groups excluding carboxylic acids is 1. The monoisotopic (exact) mass is 228 g/mol. The van der Waals surface area contributed by atoms with E-state index < -0.39 is 11.5 Å². The summed E-state index contributed by atoms with van der Waals surface area (Å²) in [4.78, 5) is 22.0. The Kier molecular flexibility index (Phi) is 3.78. The van der Waals surface area contributed by atoms with Gasteiger partial charge in [-0.3, -0.25) is 4.79 Å². The molecular formula is C11H20N2O3. The molecule has 0 aliphatic heterocycles. The molecule has 1 aliphatic rings. The van der Waals surface area contributed by atoms with E-state index in [1.165, 1.54) is 0 Å². The molecule has 5 nitrogen and oxygen atoms in total. The molecular weight excluding hydrogens is 208 g/mol. The summed E-state index contributed by atoms with van der Waals surface area (Å²) in [7, 11) is 0. The quantitative estimate of drug-likeness (QED) is 0.664. The average molecular weight is 228 g/mol. The Bertz CT molecular complexity index is 289. The molecule has 1 saturated carbocycles. The van der Waals surface area contributed by atoms with Gasteiger partial charge in [-0.05, 0) is 32.6 Å². The number of carboxylic acid groups (broad SMARTS) is 1. The topological polar surface area (TPSA) is 78.4 Å². The van der Waals surface area contributed by atoms with Gasteiger partial charge in [-0.25, -0.2) is 4.79 Å². The Hall–Kier alpha value is -1.26. The molecule has 0 spiro atoms. The van der Waals surface area contributed by atoms with Crippen molar-refractivity contribution in [1.29, 1.82) is 0 Å². The summed E-state index contributed by atoms with van der Waals surface area (Å²) in [6, 6.07) is 0.0833. The number of hydrogen-bond donors (Lipinski definition) is 3. The van der Waals surface area contributed by atoms with Gasteiger partial charge in [-0.2, -0.15) is 0 Å². The SMILES string of the molecule is CC1CC1NC(=O)NC(C)(C)CCC(=O)O. The van der Waals surface area contributed by atoms with E-state index >= 15 is 0 Å². The van der Waals surface area contributed by atoms with Crippen LogP contribution in [0.1, 0.15) is 40.0 Å². The van der Waals surface area contributed by atoms with E-state index in [0.717, 1.165) is 6.42 Å². The first-order valence-electron chi connectivity index (χ1n) is 5.60. The minimum absolute atomic E-state index is 0.0626. The van der Waals surface area contributed by atoms with Crippen LogP contribution in [0.3, 0.4) is 0 Å². The third kappa shape index (κ3) is 4.51. The third-order valence-corrected chi connectivity index (χ3v) is 2.84. The van der Waals surface area contributed by atoms with Crippen molar-refractivity contribution in [2.75, 3.05) is 0 Å². The van der Waals surface area contributed by atoms with Crippen LogP contribution < -0.4 is 10.6 Å². The van der Waals surface area contributed by atoms with Crippen molar-refractivity contribution in [2.45, 2.75) is 51.6 Å². The fraction of sp³-hybridized carbons (Fsp3) is 0.818. The number of urea groups is 1. The van der Waals surface area contributed by atoms with Crippen LogP contribution in [0.4, 0.5) is 4.79 Å². The molecule has 2 unspecified atom stereocenters. The Morgan fingerprint density at radius 3 is 2.44 bits per heavy atom. The zero-order valence-electron chi connectivity index (χ0n) is 10.0. The number of nitrogens with one attached hydrogen (secondary N) is 2. The summed E-state index contributed by atoms with van der Waals surface area (Å²) in [5, 5.41) is 14.2. The van der Waals surface area contributed by atoms with Crippen molar-refractivity contribution < 1.29 is 14.7 Å². The van der Waals surface area contributed by atoms with Gasteiger partial charge in [0.2, 0.25) is 0 Å². The first-order chi connectivity index (χ1) is 7.30. The van der Waals surface area contributed by atoms with Gasteiger partial charge in [0.05, 0.1) is 0 Å². The molecule has 0 bridgehead atoms. The fourth-order valence-electron chi connectivity index (χ4n) is 1.52. The Balaban J connectivity index is 2.27. The Labute approximate surface area is 95.6 Å². The smallest absolute Gasteiger partial charge is 0.315 e. The number of aliphatic carboxylic acids is 1. The lowest BCUT2D eigenvalue weighted by Gasteiger charge is -2.25. The maximum Gasteiger partial charge on any atom is 0.315 e. The summed E-state index contributed by atoms with van der Waals surface area (Å²) in [6.45, 7) is 5.73. The van der Waals surface area contributed by atoms with Crippen molar-refractivity contribution in [2.24, 2.45) is 5.92 Å². The van der Waals surface area contributed by atoms with E-state index in [4.69, 9.17) is 5.11 Å². The molecule has 1 aliphatic carbocycles. The Morgan fingerprint density at radius 2 is 2.00 bits per heavy atom. The number of hydrogen-bond acceptors (Lipinski definition) is 2. The number of amides is 2. The van der Waals surface area contributed by atoms with Crippen molar-refractivity contribution in [3.05, 3.63) is 0 Å². The molecule has 0 saturated heterocycles. The van der Waals surface area contributed by atoms with Crippen LogP contribution in [-0.4, -0.2) is 28.7 Å². The minimum atomic E-state index is -0.842. The van der Waals surface area contributed by atoms with Gasteiger partial charge in [0.1, 0.15) is 0 Å². The molecule has 2 amide bonds. The molecule has 0 aromatic rings. The molecule has 16 heavy (non-hydrogen) atoms. The summed E-state index contributed by atoms with van der Waals surface area (Å²) in [5.41, 5.74) is -0.486. The molecule has 0 radical (unpaired) electrons. The van der Waals surface area contributed by atoms with Crippen LogP contribution in [-0.2, 0) is 4.79 Å². The van der Waals surface area contributed by atoms with Crippen LogP contribution in [0, 0.1) is 5.92 Å². The molecule has 1 fully saturated rings. The van der Waals surface area contributed by atoms with E-state index in [-0.39, 0.29) is 18.5 Å². The van der Waals surface area contributed by atoms with Gasteiger partial charge < -0.3 is 15.7 Å². The van der Waals surface area contributed by atoms with Gasteiger partial charge in [0.15, 0.2) is 0 Å². The third-order valence-electron chi connectivity index (χ3n) is 2.84. The van der Waals surface area contributed by atoms with Crippen LogP contribution in [0.15, 0.2) is 0 Å². The van der Waals surface area contributed by atoms with E-state index in [2.05, 4.69) is 17.6 Å². The zero-order chi connectivity index (χ0) is 12.3. The van der Waals surface area contributed by atoms with Crippen molar-refractivity contribution in [3.8, 4) is 0 Å².